The first-order valence-corrected chi connectivity index (χ1v) is 14.5. The topological polar surface area (TPSA) is 91.0 Å². The molecule has 2 N–H and O–H groups in total. The molecular weight excluding hydrogens is 512 g/mol. The van der Waals surface area contributed by atoms with E-state index in [0.717, 1.165) is 70.6 Å². The van der Waals surface area contributed by atoms with Gasteiger partial charge in [0.2, 0.25) is 0 Å². The van der Waals surface area contributed by atoms with Gasteiger partial charge in [-0.05, 0) is 80.8 Å². The fraction of sp³-hybridized carbons (Fsp3) is 0.441. The molecule has 1 aliphatic heterocycles. The summed E-state index contributed by atoms with van der Waals surface area (Å²) in [6.07, 6.45) is 7.76. The number of benzene rings is 1. The van der Waals surface area contributed by atoms with E-state index in [9.17, 15) is 9.90 Å². The van der Waals surface area contributed by atoms with E-state index >= 15 is 0 Å². The first-order chi connectivity index (χ1) is 19.3. The standard InChI is InChI=1S/C28H30N4O2.C4H10O.C2H6/c1-19-18-32-25(27(23(19)15-26(33)34)31-12-9-28(2,3)10-13-31)16-24(30-32)21-7-4-6-20(14-21)22-8-5-11-29-17-22;1-4(2,3)5;1-2/h4-8,11,14,16-18H,9-10,12-13,15H2,1-3H3,(H,33,34);5H,1-3H3;1-2H3. The number of pyridine rings is 2. The molecule has 1 fully saturated rings. The van der Waals surface area contributed by atoms with E-state index < -0.39 is 11.6 Å². The van der Waals surface area contributed by atoms with Crippen LogP contribution in [0, 0.1) is 12.3 Å². The number of aromatic nitrogens is 3. The molecule has 4 aromatic rings. The third kappa shape index (κ3) is 8.64. The molecule has 0 radical (unpaired) electrons. The number of aliphatic carboxylic acids is 1. The minimum absolute atomic E-state index is 0.00850. The lowest BCUT2D eigenvalue weighted by atomic mass is 9.82. The molecule has 220 valence electrons. The maximum atomic E-state index is 11.7. The number of rotatable bonds is 5. The van der Waals surface area contributed by atoms with Gasteiger partial charge in [-0.2, -0.15) is 5.10 Å². The molecule has 4 heterocycles. The normalized spacial score (nSPS) is 14.5. The monoisotopic (exact) mass is 558 g/mol. The van der Waals surface area contributed by atoms with Crippen molar-refractivity contribution < 1.29 is 15.0 Å². The molecule has 5 rings (SSSR count). The first kappa shape index (κ1) is 31.8. The van der Waals surface area contributed by atoms with Crippen LogP contribution in [-0.4, -0.2) is 49.5 Å². The fourth-order valence-electron chi connectivity index (χ4n) is 4.87. The Morgan fingerprint density at radius 2 is 1.61 bits per heavy atom. The van der Waals surface area contributed by atoms with Gasteiger partial charge in [0.05, 0.1) is 28.9 Å². The van der Waals surface area contributed by atoms with Crippen LogP contribution in [0.25, 0.3) is 27.9 Å². The van der Waals surface area contributed by atoms with Crippen LogP contribution in [0.15, 0.2) is 61.1 Å². The predicted octanol–water partition coefficient (Wildman–Crippen LogP) is 7.43. The highest BCUT2D eigenvalue weighted by molar-refractivity contribution is 5.85. The van der Waals surface area contributed by atoms with Gasteiger partial charge in [0, 0.05) is 42.8 Å². The summed E-state index contributed by atoms with van der Waals surface area (Å²) < 4.78 is 1.92. The molecule has 7 heteroatoms. The molecule has 0 atom stereocenters. The van der Waals surface area contributed by atoms with Crippen LogP contribution in [0.2, 0.25) is 0 Å². The van der Waals surface area contributed by atoms with Crippen molar-refractivity contribution in [2.24, 2.45) is 5.41 Å². The lowest BCUT2D eigenvalue weighted by Crippen LogP contribution is -2.38. The van der Waals surface area contributed by atoms with E-state index in [4.69, 9.17) is 10.2 Å². The number of carboxylic acid groups (broad SMARTS) is 1. The molecule has 1 aliphatic rings. The number of carbonyl (C=O) groups is 1. The first-order valence-electron chi connectivity index (χ1n) is 14.5. The molecule has 41 heavy (non-hydrogen) atoms. The summed E-state index contributed by atoms with van der Waals surface area (Å²) in [5.74, 6) is -0.810. The molecule has 7 nitrogen and oxygen atoms in total. The van der Waals surface area contributed by atoms with Crippen LogP contribution in [0.5, 0.6) is 0 Å². The number of nitrogens with zero attached hydrogens (tertiary/aromatic N) is 4. The molecule has 1 aromatic carbocycles. The number of hydrogen-bond donors (Lipinski definition) is 2. The SMILES string of the molecule is CC.CC(C)(C)O.Cc1cn2nc(-c3cccc(-c4cccnc4)c3)cc2c(N2CCC(C)(C)CC2)c1CC(=O)O. The van der Waals surface area contributed by atoms with Crippen molar-refractivity contribution in [2.45, 2.75) is 80.3 Å². The quantitative estimate of drug-likeness (QED) is 0.265. The van der Waals surface area contributed by atoms with E-state index in [-0.39, 0.29) is 6.42 Å². The van der Waals surface area contributed by atoms with Gasteiger partial charge in [0.25, 0.3) is 0 Å². The van der Waals surface area contributed by atoms with E-state index in [1.54, 1.807) is 27.0 Å². The second kappa shape index (κ2) is 13.3. The van der Waals surface area contributed by atoms with E-state index in [0.29, 0.717) is 5.41 Å². The van der Waals surface area contributed by atoms with Crippen molar-refractivity contribution in [1.82, 2.24) is 14.6 Å². The van der Waals surface area contributed by atoms with Crippen molar-refractivity contribution in [3.05, 3.63) is 72.2 Å². The van der Waals surface area contributed by atoms with Gasteiger partial charge >= 0.3 is 5.97 Å². The third-order valence-electron chi connectivity index (χ3n) is 6.97. The second-order valence-corrected chi connectivity index (χ2v) is 12.2. The van der Waals surface area contributed by atoms with Crippen molar-refractivity contribution in [3.63, 3.8) is 0 Å². The van der Waals surface area contributed by atoms with E-state index in [1.165, 1.54) is 0 Å². The fourth-order valence-corrected chi connectivity index (χ4v) is 4.87. The van der Waals surface area contributed by atoms with Crippen molar-refractivity contribution in [3.8, 4) is 22.4 Å². The summed E-state index contributed by atoms with van der Waals surface area (Å²) in [7, 11) is 0. The number of anilines is 1. The van der Waals surface area contributed by atoms with Crippen LogP contribution in [0.4, 0.5) is 5.69 Å². The van der Waals surface area contributed by atoms with Crippen molar-refractivity contribution >= 4 is 17.2 Å². The predicted molar refractivity (Wildman–Crippen MR) is 168 cm³/mol. The highest BCUT2D eigenvalue weighted by atomic mass is 16.4. The molecule has 0 unspecified atom stereocenters. The summed E-state index contributed by atoms with van der Waals surface area (Å²) in [5, 5.41) is 23.1. The molecule has 0 spiro atoms. The van der Waals surface area contributed by atoms with Crippen molar-refractivity contribution in [2.75, 3.05) is 18.0 Å². The molecule has 0 bridgehead atoms. The van der Waals surface area contributed by atoms with Gasteiger partial charge < -0.3 is 15.1 Å². The second-order valence-electron chi connectivity index (χ2n) is 12.2. The van der Waals surface area contributed by atoms with Crippen LogP contribution < -0.4 is 4.90 Å². The van der Waals surface area contributed by atoms with Gasteiger partial charge in [-0.25, -0.2) is 4.52 Å². The van der Waals surface area contributed by atoms with E-state index in [2.05, 4.69) is 48.0 Å². The minimum Gasteiger partial charge on any atom is -0.481 e. The van der Waals surface area contributed by atoms with Gasteiger partial charge in [-0.1, -0.05) is 52.0 Å². The lowest BCUT2D eigenvalue weighted by Gasteiger charge is -2.39. The zero-order chi connectivity index (χ0) is 30.4. The Labute approximate surface area is 244 Å². The van der Waals surface area contributed by atoms with Crippen molar-refractivity contribution in [1.29, 1.82) is 0 Å². The number of aryl methyl sites for hydroxylation is 1. The number of piperidine rings is 1. The Bertz CT molecular complexity index is 1440. The summed E-state index contributed by atoms with van der Waals surface area (Å²) >= 11 is 0. The Hall–Kier alpha value is -3.71. The molecule has 1 saturated heterocycles. The van der Waals surface area contributed by atoms with Gasteiger partial charge in [0.15, 0.2) is 0 Å². The minimum atomic E-state index is -0.810. The zero-order valence-electron chi connectivity index (χ0n) is 25.9. The van der Waals surface area contributed by atoms with Gasteiger partial charge in [0.1, 0.15) is 0 Å². The number of carboxylic acids is 1. The smallest absolute Gasteiger partial charge is 0.307 e. The third-order valence-corrected chi connectivity index (χ3v) is 6.97. The largest absolute Gasteiger partial charge is 0.481 e. The van der Waals surface area contributed by atoms with Crippen LogP contribution in [0.3, 0.4) is 0 Å². The highest BCUT2D eigenvalue weighted by Gasteiger charge is 2.29. The summed E-state index contributed by atoms with van der Waals surface area (Å²) in [5.41, 5.74) is 7.66. The molecule has 0 amide bonds. The number of aliphatic hydroxyl groups is 1. The maximum Gasteiger partial charge on any atom is 0.307 e. The van der Waals surface area contributed by atoms with Crippen LogP contribution in [0.1, 0.15) is 72.4 Å². The number of fused-ring (bicyclic) bond motifs is 1. The lowest BCUT2D eigenvalue weighted by molar-refractivity contribution is -0.136. The number of hydrogen-bond acceptors (Lipinski definition) is 5. The van der Waals surface area contributed by atoms with Crippen LogP contribution >= 0.6 is 0 Å². The van der Waals surface area contributed by atoms with Crippen LogP contribution in [-0.2, 0) is 11.2 Å². The Kier molecular flexibility index (Phi) is 10.3. The van der Waals surface area contributed by atoms with Gasteiger partial charge in [-0.15, -0.1) is 0 Å². The van der Waals surface area contributed by atoms with E-state index in [1.807, 2.05) is 55.9 Å². The van der Waals surface area contributed by atoms with Gasteiger partial charge in [-0.3, -0.25) is 9.78 Å². The highest BCUT2D eigenvalue weighted by Crippen LogP contribution is 2.38. The molecule has 3 aromatic heterocycles. The Morgan fingerprint density at radius 1 is 1.00 bits per heavy atom. The summed E-state index contributed by atoms with van der Waals surface area (Å²) in [4.78, 5) is 18.4. The zero-order valence-corrected chi connectivity index (χ0v) is 25.9. The maximum absolute atomic E-state index is 11.7. The molecule has 0 saturated carbocycles. The average Bonchev–Trinajstić information content (AvgIpc) is 3.34. The Morgan fingerprint density at radius 3 is 2.20 bits per heavy atom. The summed E-state index contributed by atoms with van der Waals surface area (Å²) in [6.45, 7) is 17.7. The molecule has 0 aliphatic carbocycles. The molecular formula is C34H46N4O3. The Balaban J connectivity index is 0.000000598. The summed E-state index contributed by atoms with van der Waals surface area (Å²) in [6, 6.07) is 14.4. The average molecular weight is 559 g/mol.